The zero-order valence-electron chi connectivity index (χ0n) is 9.58. The van der Waals surface area contributed by atoms with Gasteiger partial charge in [0.05, 0.1) is 0 Å². The molecule has 1 aromatic heterocycles. The molecule has 0 aliphatic carbocycles. The minimum atomic E-state index is -3.90. The Kier molecular flexibility index (Phi) is 3.72. The van der Waals surface area contributed by atoms with Gasteiger partial charge in [0.2, 0.25) is 5.96 Å². The van der Waals surface area contributed by atoms with Gasteiger partial charge in [0.25, 0.3) is 10.0 Å². The van der Waals surface area contributed by atoms with Crippen LogP contribution in [-0.2, 0) is 10.0 Å². The number of sulfonamides is 1. The van der Waals surface area contributed by atoms with Crippen LogP contribution in [0.3, 0.4) is 0 Å². The Balaban J connectivity index is 2.32. The summed E-state index contributed by atoms with van der Waals surface area (Å²) < 4.78 is 27.6. The van der Waals surface area contributed by atoms with E-state index >= 15 is 0 Å². The smallest absolute Gasteiger partial charge is 0.288 e. The molecule has 2 rings (SSSR count). The molecule has 0 aromatic carbocycles. The maximum atomic E-state index is 12.0. The highest BCUT2D eigenvalue weighted by Gasteiger charge is 2.21. The van der Waals surface area contributed by atoms with E-state index in [4.69, 9.17) is 17.3 Å². The zero-order valence-corrected chi connectivity index (χ0v) is 11.2. The lowest BCUT2D eigenvalue weighted by Gasteiger charge is -2.15. The molecule has 1 aromatic rings. The van der Waals surface area contributed by atoms with Crippen molar-refractivity contribution in [2.45, 2.75) is 17.7 Å². The van der Waals surface area contributed by atoms with Gasteiger partial charge in [0, 0.05) is 19.3 Å². The molecule has 0 unspecified atom stereocenters. The third-order valence-electron chi connectivity index (χ3n) is 2.65. The Morgan fingerprint density at radius 1 is 1.44 bits per heavy atom. The molecule has 0 bridgehead atoms. The summed E-state index contributed by atoms with van der Waals surface area (Å²) in [7, 11) is -3.90. The molecule has 0 amide bonds. The van der Waals surface area contributed by atoms with Crippen molar-refractivity contribution in [2.24, 2.45) is 10.1 Å². The summed E-state index contributed by atoms with van der Waals surface area (Å²) in [4.78, 5) is 5.32. The van der Waals surface area contributed by atoms with E-state index < -0.39 is 10.0 Å². The first-order valence-corrected chi connectivity index (χ1v) is 7.28. The van der Waals surface area contributed by atoms with Gasteiger partial charge in [-0.2, -0.15) is 8.42 Å². The summed E-state index contributed by atoms with van der Waals surface area (Å²) in [5.74, 6) is 0.00687. The van der Waals surface area contributed by atoms with Crippen molar-refractivity contribution < 1.29 is 8.42 Å². The van der Waals surface area contributed by atoms with Crippen LogP contribution in [0.1, 0.15) is 12.8 Å². The number of likely N-dealkylation sites (tertiary alicyclic amines) is 1. The number of rotatable bonds is 2. The second-order valence-electron chi connectivity index (χ2n) is 3.91. The summed E-state index contributed by atoms with van der Waals surface area (Å²) in [6.45, 7) is 1.46. The van der Waals surface area contributed by atoms with Gasteiger partial charge in [-0.25, -0.2) is 4.98 Å². The zero-order chi connectivity index (χ0) is 13.2. The largest absolute Gasteiger partial charge is 0.369 e. The molecule has 0 spiro atoms. The summed E-state index contributed by atoms with van der Waals surface area (Å²) in [5.41, 5.74) is 5.69. The number of nitrogens with zero attached hydrogens (tertiary/aromatic N) is 3. The van der Waals surface area contributed by atoms with E-state index in [0.29, 0.717) is 0 Å². The Hall–Kier alpha value is -1.34. The molecule has 0 atom stereocenters. The molecule has 6 nitrogen and oxygen atoms in total. The molecule has 1 aliphatic rings. The first kappa shape index (κ1) is 13.1. The van der Waals surface area contributed by atoms with Crippen LogP contribution in [-0.4, -0.2) is 37.4 Å². The topological polar surface area (TPSA) is 88.6 Å². The number of halogens is 1. The van der Waals surface area contributed by atoms with Gasteiger partial charge in [-0.15, -0.1) is 4.40 Å². The van der Waals surface area contributed by atoms with Crippen molar-refractivity contribution in [1.82, 2.24) is 9.88 Å². The molecule has 0 saturated carbocycles. The van der Waals surface area contributed by atoms with Crippen molar-refractivity contribution in [3.05, 3.63) is 23.5 Å². The quantitative estimate of drug-likeness (QED) is 0.495. The molecule has 1 fully saturated rings. The summed E-state index contributed by atoms with van der Waals surface area (Å²) >= 11 is 5.74. The minimum Gasteiger partial charge on any atom is -0.369 e. The molecule has 1 saturated heterocycles. The Labute approximate surface area is 111 Å². The predicted molar refractivity (Wildman–Crippen MR) is 68.9 cm³/mol. The lowest BCUT2D eigenvalue weighted by molar-refractivity contribution is 0.513. The van der Waals surface area contributed by atoms with Gasteiger partial charge in [0.15, 0.2) is 0 Å². The average Bonchev–Trinajstić information content (AvgIpc) is 2.82. The fourth-order valence-corrected chi connectivity index (χ4v) is 3.13. The maximum Gasteiger partial charge on any atom is 0.288 e. The lowest BCUT2D eigenvalue weighted by atomic mass is 10.4. The van der Waals surface area contributed by atoms with Crippen LogP contribution in [0.4, 0.5) is 0 Å². The summed E-state index contributed by atoms with van der Waals surface area (Å²) in [6.07, 6.45) is 3.39. The van der Waals surface area contributed by atoms with Crippen LogP contribution in [0.2, 0.25) is 5.15 Å². The predicted octanol–water partition coefficient (Wildman–Crippen LogP) is 0.834. The molecular formula is C10H13ClN4O2S. The normalized spacial score (nSPS) is 17.2. The van der Waals surface area contributed by atoms with Gasteiger partial charge < -0.3 is 10.6 Å². The summed E-state index contributed by atoms with van der Waals surface area (Å²) in [5, 5.41) is -0.101. The molecule has 8 heteroatoms. The highest BCUT2D eigenvalue weighted by molar-refractivity contribution is 7.90. The molecule has 18 heavy (non-hydrogen) atoms. The standard InChI is InChI=1S/C10H13ClN4O2S/c11-9-8(4-3-5-13-9)18(16,17)14-10(12)15-6-1-2-7-15/h3-5H,1-2,6-7H2,(H2,12,14). The highest BCUT2D eigenvalue weighted by atomic mass is 35.5. The Morgan fingerprint density at radius 2 is 2.11 bits per heavy atom. The SMILES string of the molecule is N/C(=N\S(=O)(=O)c1cccnc1Cl)N1CCCC1. The van der Waals surface area contributed by atoms with E-state index in [1.54, 1.807) is 4.90 Å². The number of aromatic nitrogens is 1. The number of pyridine rings is 1. The number of nitrogens with two attached hydrogens (primary N) is 1. The van der Waals surface area contributed by atoms with Crippen LogP contribution in [0.15, 0.2) is 27.6 Å². The van der Waals surface area contributed by atoms with Crippen molar-refractivity contribution in [1.29, 1.82) is 0 Å². The molecular weight excluding hydrogens is 276 g/mol. The van der Waals surface area contributed by atoms with Crippen LogP contribution < -0.4 is 5.73 Å². The van der Waals surface area contributed by atoms with E-state index in [9.17, 15) is 8.42 Å². The van der Waals surface area contributed by atoms with E-state index in [0.717, 1.165) is 25.9 Å². The monoisotopic (exact) mass is 288 g/mol. The number of hydrogen-bond acceptors (Lipinski definition) is 3. The van der Waals surface area contributed by atoms with Gasteiger partial charge in [-0.05, 0) is 25.0 Å². The fourth-order valence-electron chi connectivity index (χ4n) is 1.74. The van der Waals surface area contributed by atoms with Crippen molar-refractivity contribution in [3.8, 4) is 0 Å². The second kappa shape index (κ2) is 5.11. The van der Waals surface area contributed by atoms with Crippen LogP contribution in [0.5, 0.6) is 0 Å². The van der Waals surface area contributed by atoms with E-state index in [1.807, 2.05) is 0 Å². The highest BCUT2D eigenvalue weighted by Crippen LogP contribution is 2.20. The third kappa shape index (κ3) is 2.73. The number of guanidine groups is 1. The molecule has 1 aliphatic heterocycles. The molecule has 98 valence electrons. The third-order valence-corrected chi connectivity index (χ3v) is 4.37. The van der Waals surface area contributed by atoms with E-state index in [-0.39, 0.29) is 16.0 Å². The van der Waals surface area contributed by atoms with Gasteiger partial charge >= 0.3 is 0 Å². The van der Waals surface area contributed by atoms with Crippen LogP contribution in [0, 0.1) is 0 Å². The van der Waals surface area contributed by atoms with Crippen LogP contribution in [0.25, 0.3) is 0 Å². The van der Waals surface area contributed by atoms with Gasteiger partial charge in [0.1, 0.15) is 10.0 Å². The second-order valence-corrected chi connectivity index (χ2v) is 5.84. The Morgan fingerprint density at radius 3 is 2.72 bits per heavy atom. The van der Waals surface area contributed by atoms with Crippen molar-refractivity contribution in [3.63, 3.8) is 0 Å². The van der Waals surface area contributed by atoms with Gasteiger partial charge in [-0.1, -0.05) is 11.6 Å². The lowest BCUT2D eigenvalue weighted by Crippen LogP contribution is -2.35. The first-order valence-electron chi connectivity index (χ1n) is 5.46. The number of hydrogen-bond donors (Lipinski definition) is 1. The average molecular weight is 289 g/mol. The van der Waals surface area contributed by atoms with Crippen LogP contribution >= 0.6 is 11.6 Å². The van der Waals surface area contributed by atoms with E-state index in [1.165, 1.54) is 18.3 Å². The first-order chi connectivity index (χ1) is 8.50. The minimum absolute atomic E-state index is 0.00687. The molecule has 0 radical (unpaired) electrons. The molecule has 2 heterocycles. The van der Waals surface area contributed by atoms with E-state index in [2.05, 4.69) is 9.38 Å². The van der Waals surface area contributed by atoms with Gasteiger partial charge in [-0.3, -0.25) is 0 Å². The maximum absolute atomic E-state index is 12.0. The van der Waals surface area contributed by atoms with Crippen molar-refractivity contribution in [2.75, 3.05) is 13.1 Å². The molecule has 2 N–H and O–H groups in total. The van der Waals surface area contributed by atoms with Crippen molar-refractivity contribution >= 4 is 27.6 Å². The summed E-state index contributed by atoms with van der Waals surface area (Å²) in [6, 6.07) is 2.84. The fraction of sp³-hybridized carbons (Fsp3) is 0.400. The Bertz CT molecular complexity index is 567.